The lowest BCUT2D eigenvalue weighted by Crippen LogP contribution is -2.38. The number of rotatable bonds is 5. The summed E-state index contributed by atoms with van der Waals surface area (Å²) in [5, 5.41) is 10.7. The van der Waals surface area contributed by atoms with Crippen molar-refractivity contribution in [1.82, 2.24) is 5.32 Å². The number of nitrogens with one attached hydrogen (secondary N) is 1. The maximum absolute atomic E-state index is 12.1. The first-order valence-corrected chi connectivity index (χ1v) is 4.25. The second kappa shape index (κ2) is 5.56. The molecule has 0 fully saturated rings. The summed E-state index contributed by atoms with van der Waals surface area (Å²) in [6.45, 7) is 0.990. The molecule has 0 aromatic carbocycles. The Morgan fingerprint density at radius 1 is 1.60 bits per heavy atom. The Morgan fingerprint density at radius 2 is 2.13 bits per heavy atom. The minimum atomic E-state index is -4.55. The van der Waals surface area contributed by atoms with E-state index >= 15 is 0 Å². The van der Waals surface area contributed by atoms with E-state index in [1.54, 1.807) is 0 Å². The molecule has 86 valence electrons. The number of hydrogen-bond donors (Lipinski definition) is 2. The number of nitrogens with two attached hydrogens (primary N) is 1. The zero-order valence-electron chi connectivity index (χ0n) is 8.14. The van der Waals surface area contributed by atoms with Crippen molar-refractivity contribution in [2.75, 3.05) is 6.54 Å². The van der Waals surface area contributed by atoms with Crippen LogP contribution in [-0.2, 0) is 4.79 Å². The number of primary amides is 1. The van der Waals surface area contributed by atoms with Gasteiger partial charge in [-0.3, -0.25) is 4.79 Å². The van der Waals surface area contributed by atoms with Gasteiger partial charge in [0.2, 0.25) is 5.91 Å². The molecule has 0 rings (SSSR count). The number of alkyl halides is 3. The van der Waals surface area contributed by atoms with Gasteiger partial charge in [-0.25, -0.2) is 0 Å². The second-order valence-corrected chi connectivity index (χ2v) is 3.20. The van der Waals surface area contributed by atoms with Crippen LogP contribution < -0.4 is 11.1 Å². The van der Waals surface area contributed by atoms with E-state index in [0.717, 1.165) is 6.07 Å². The third-order valence-electron chi connectivity index (χ3n) is 1.73. The average molecular weight is 223 g/mol. The van der Waals surface area contributed by atoms with Crippen molar-refractivity contribution in [3.05, 3.63) is 0 Å². The molecule has 0 saturated carbocycles. The Hall–Kier alpha value is -1.29. The molecule has 0 aromatic rings. The normalized spacial score (nSPS) is 15.4. The van der Waals surface area contributed by atoms with Gasteiger partial charge in [-0.1, -0.05) is 0 Å². The van der Waals surface area contributed by atoms with Crippen LogP contribution >= 0.6 is 0 Å². The van der Waals surface area contributed by atoms with E-state index in [4.69, 9.17) is 11.0 Å². The highest BCUT2D eigenvalue weighted by Crippen LogP contribution is 2.24. The number of nitrogens with zero attached hydrogens (tertiary/aromatic N) is 1. The molecule has 0 aromatic heterocycles. The van der Waals surface area contributed by atoms with Crippen LogP contribution in [0.5, 0.6) is 0 Å². The third-order valence-corrected chi connectivity index (χ3v) is 1.73. The van der Waals surface area contributed by atoms with E-state index < -0.39 is 30.6 Å². The summed E-state index contributed by atoms with van der Waals surface area (Å²) in [4.78, 5) is 10.4. The maximum Gasteiger partial charge on any atom is 0.405 e. The van der Waals surface area contributed by atoms with Crippen molar-refractivity contribution >= 4 is 5.91 Å². The van der Waals surface area contributed by atoms with Crippen LogP contribution in [-0.4, -0.2) is 24.7 Å². The van der Waals surface area contributed by atoms with E-state index in [1.165, 1.54) is 6.92 Å². The second-order valence-electron chi connectivity index (χ2n) is 3.20. The number of halogens is 3. The molecule has 0 saturated heterocycles. The van der Waals surface area contributed by atoms with Crippen molar-refractivity contribution in [2.24, 2.45) is 11.7 Å². The monoisotopic (exact) mass is 223 g/mol. The lowest BCUT2D eigenvalue weighted by atomic mass is 10.1. The fourth-order valence-corrected chi connectivity index (χ4v) is 0.928. The standard InChI is InChI=1S/C8H12F3N3O/c1-5(2-7(13)15)14-4-6(3-12)8(9,10)11/h5-6,14H,2,4H2,1H3,(H2,13,15). The van der Waals surface area contributed by atoms with Crippen molar-refractivity contribution in [3.63, 3.8) is 0 Å². The maximum atomic E-state index is 12.1. The van der Waals surface area contributed by atoms with Gasteiger partial charge in [-0.15, -0.1) is 0 Å². The zero-order chi connectivity index (χ0) is 12.1. The van der Waals surface area contributed by atoms with Crippen molar-refractivity contribution in [3.8, 4) is 6.07 Å². The molecule has 0 bridgehead atoms. The molecule has 7 heteroatoms. The lowest BCUT2D eigenvalue weighted by Gasteiger charge is -2.17. The van der Waals surface area contributed by atoms with Gasteiger partial charge in [-0.2, -0.15) is 18.4 Å². The van der Waals surface area contributed by atoms with Crippen LogP contribution in [0.2, 0.25) is 0 Å². The number of carbonyl (C=O) groups excluding carboxylic acids is 1. The van der Waals surface area contributed by atoms with E-state index in [0.29, 0.717) is 0 Å². The van der Waals surface area contributed by atoms with E-state index in [9.17, 15) is 18.0 Å². The van der Waals surface area contributed by atoms with Crippen LogP contribution in [0.1, 0.15) is 13.3 Å². The predicted octanol–water partition coefficient (Wildman–Crippen LogP) is 0.542. The molecule has 0 aliphatic carbocycles. The molecule has 0 aliphatic heterocycles. The van der Waals surface area contributed by atoms with Gasteiger partial charge in [0, 0.05) is 19.0 Å². The molecular weight excluding hydrogens is 211 g/mol. The molecule has 0 radical (unpaired) electrons. The van der Waals surface area contributed by atoms with Crippen LogP contribution in [0.15, 0.2) is 0 Å². The van der Waals surface area contributed by atoms with Gasteiger partial charge < -0.3 is 11.1 Å². The number of amides is 1. The van der Waals surface area contributed by atoms with Gasteiger partial charge in [0.05, 0.1) is 6.07 Å². The van der Waals surface area contributed by atoms with Crippen molar-refractivity contribution in [2.45, 2.75) is 25.6 Å². The fraction of sp³-hybridized carbons (Fsp3) is 0.750. The number of carbonyl (C=O) groups is 1. The number of hydrogen-bond acceptors (Lipinski definition) is 3. The minimum absolute atomic E-state index is 0.0595. The Labute approximate surface area is 85.2 Å². The third kappa shape index (κ3) is 5.91. The molecule has 0 heterocycles. The van der Waals surface area contributed by atoms with Gasteiger partial charge in [0.15, 0.2) is 5.92 Å². The molecule has 2 atom stereocenters. The SMILES string of the molecule is CC(CC(N)=O)NCC(C#N)C(F)(F)F. The Kier molecular flexibility index (Phi) is 5.08. The van der Waals surface area contributed by atoms with E-state index in [2.05, 4.69) is 5.32 Å². The van der Waals surface area contributed by atoms with Gasteiger partial charge in [-0.05, 0) is 6.92 Å². The largest absolute Gasteiger partial charge is 0.405 e. The molecule has 0 aliphatic rings. The Morgan fingerprint density at radius 3 is 2.47 bits per heavy atom. The first-order valence-electron chi connectivity index (χ1n) is 4.25. The topological polar surface area (TPSA) is 78.9 Å². The smallest absolute Gasteiger partial charge is 0.370 e. The summed E-state index contributed by atoms with van der Waals surface area (Å²) in [6.07, 6.45) is -4.61. The summed E-state index contributed by atoms with van der Waals surface area (Å²) in [7, 11) is 0. The first-order chi connectivity index (χ1) is 6.77. The van der Waals surface area contributed by atoms with Crippen molar-refractivity contribution in [1.29, 1.82) is 5.26 Å². The molecule has 4 nitrogen and oxygen atoms in total. The summed E-state index contributed by atoms with van der Waals surface area (Å²) in [5.74, 6) is -2.66. The first kappa shape index (κ1) is 13.7. The summed E-state index contributed by atoms with van der Waals surface area (Å²) in [6, 6.07) is 0.675. The fourth-order valence-electron chi connectivity index (χ4n) is 0.928. The summed E-state index contributed by atoms with van der Waals surface area (Å²) < 4.78 is 36.2. The highest BCUT2D eigenvalue weighted by molar-refractivity contribution is 5.74. The highest BCUT2D eigenvalue weighted by atomic mass is 19.4. The van der Waals surface area contributed by atoms with Gasteiger partial charge >= 0.3 is 6.18 Å². The molecule has 0 spiro atoms. The molecule has 2 unspecified atom stereocenters. The molecule has 15 heavy (non-hydrogen) atoms. The molecular formula is C8H12F3N3O. The van der Waals surface area contributed by atoms with Crippen molar-refractivity contribution < 1.29 is 18.0 Å². The Balaban J connectivity index is 4.03. The van der Waals surface area contributed by atoms with Crippen LogP contribution in [0.3, 0.4) is 0 Å². The predicted molar refractivity (Wildman–Crippen MR) is 46.4 cm³/mol. The highest BCUT2D eigenvalue weighted by Gasteiger charge is 2.39. The van der Waals surface area contributed by atoms with E-state index in [1.807, 2.05) is 0 Å². The quantitative estimate of drug-likeness (QED) is 0.714. The minimum Gasteiger partial charge on any atom is -0.370 e. The van der Waals surface area contributed by atoms with Crippen LogP contribution in [0.4, 0.5) is 13.2 Å². The van der Waals surface area contributed by atoms with Gasteiger partial charge in [0.1, 0.15) is 0 Å². The molecule has 3 N–H and O–H groups in total. The Bertz CT molecular complexity index is 259. The summed E-state index contributed by atoms with van der Waals surface area (Å²) in [5.41, 5.74) is 4.85. The zero-order valence-corrected chi connectivity index (χ0v) is 8.14. The lowest BCUT2D eigenvalue weighted by molar-refractivity contribution is -0.157. The van der Waals surface area contributed by atoms with Gasteiger partial charge in [0.25, 0.3) is 0 Å². The summed E-state index contributed by atoms with van der Waals surface area (Å²) >= 11 is 0. The van der Waals surface area contributed by atoms with Crippen LogP contribution in [0.25, 0.3) is 0 Å². The number of nitriles is 1. The van der Waals surface area contributed by atoms with Crippen LogP contribution in [0, 0.1) is 17.2 Å². The van der Waals surface area contributed by atoms with E-state index in [-0.39, 0.29) is 6.42 Å². The molecule has 1 amide bonds. The average Bonchev–Trinajstić information content (AvgIpc) is 2.01.